The van der Waals surface area contributed by atoms with Gasteiger partial charge in [0.25, 0.3) is 0 Å². The van der Waals surface area contributed by atoms with E-state index < -0.39 is 28.3 Å². The number of nitrogens with zero attached hydrogens (tertiary/aromatic N) is 1. The third-order valence-corrected chi connectivity index (χ3v) is 6.33. The predicted octanol–water partition coefficient (Wildman–Crippen LogP) is 3.19. The minimum absolute atomic E-state index is 0.144. The van der Waals surface area contributed by atoms with Crippen LogP contribution in [0.4, 0.5) is 4.79 Å². The van der Waals surface area contributed by atoms with E-state index in [1.165, 1.54) is 4.31 Å². The maximum absolute atomic E-state index is 12.4. The van der Waals surface area contributed by atoms with Crippen molar-refractivity contribution in [1.82, 2.24) is 9.62 Å². The molecule has 2 N–H and O–H groups in total. The van der Waals surface area contributed by atoms with Crippen LogP contribution in [-0.4, -0.2) is 55.5 Å². The van der Waals surface area contributed by atoms with Crippen LogP contribution in [0.3, 0.4) is 0 Å². The highest BCUT2D eigenvalue weighted by Gasteiger charge is 2.29. The number of benzene rings is 2. The lowest BCUT2D eigenvalue weighted by Gasteiger charge is -2.28. The Morgan fingerprint density at radius 1 is 1.03 bits per heavy atom. The van der Waals surface area contributed by atoms with Crippen LogP contribution in [0.1, 0.15) is 31.4 Å². The number of hydrogen-bond acceptors (Lipinski definition) is 5. The zero-order valence-electron chi connectivity index (χ0n) is 19.0. The Hall–Kier alpha value is -2.42. The summed E-state index contributed by atoms with van der Waals surface area (Å²) in [5.41, 5.74) is 1.79. The second kappa shape index (κ2) is 12.6. The van der Waals surface area contributed by atoms with Gasteiger partial charge in [-0.1, -0.05) is 74.5 Å². The average molecular weight is 463 g/mol. The van der Waals surface area contributed by atoms with Gasteiger partial charge in [-0.15, -0.1) is 0 Å². The molecule has 32 heavy (non-hydrogen) atoms. The molecule has 1 amide bonds. The number of rotatable bonds is 12. The standard InChI is InChI=1S/C24H34N2O5S/c1-19(2)14-15-26(32(3,29)30)18-22(27)23(16-20-10-6-4-7-11-20)31-24(28)25-17-21-12-8-5-9-13-21/h4-13,19,22-23,27H,14-18H2,1-3H3,(H,25,28)/t22-,23?/m0/s1. The molecule has 176 valence electrons. The zero-order chi connectivity index (χ0) is 23.6. The van der Waals surface area contributed by atoms with E-state index in [1.54, 1.807) is 0 Å². The largest absolute Gasteiger partial charge is 0.443 e. The summed E-state index contributed by atoms with van der Waals surface area (Å²) in [4.78, 5) is 12.4. The van der Waals surface area contributed by atoms with Crippen molar-refractivity contribution in [3.8, 4) is 0 Å². The van der Waals surface area contributed by atoms with Crippen molar-refractivity contribution in [1.29, 1.82) is 0 Å². The van der Waals surface area contributed by atoms with Crippen LogP contribution in [0, 0.1) is 5.92 Å². The van der Waals surface area contributed by atoms with Gasteiger partial charge in [0.2, 0.25) is 10.0 Å². The monoisotopic (exact) mass is 462 g/mol. The Balaban J connectivity index is 2.09. The van der Waals surface area contributed by atoms with E-state index in [-0.39, 0.29) is 19.5 Å². The first-order chi connectivity index (χ1) is 15.1. The molecule has 0 bridgehead atoms. The van der Waals surface area contributed by atoms with Gasteiger partial charge in [-0.05, 0) is 23.5 Å². The van der Waals surface area contributed by atoms with E-state index in [9.17, 15) is 18.3 Å². The summed E-state index contributed by atoms with van der Waals surface area (Å²) in [5, 5.41) is 13.6. The normalized spacial score (nSPS) is 13.7. The molecule has 0 aliphatic carbocycles. The number of nitrogens with one attached hydrogen (secondary N) is 1. The predicted molar refractivity (Wildman–Crippen MR) is 126 cm³/mol. The lowest BCUT2D eigenvalue weighted by molar-refractivity contribution is -0.00475. The molecule has 0 aliphatic heterocycles. The lowest BCUT2D eigenvalue weighted by atomic mass is 10.0. The molecular formula is C24H34N2O5S. The fourth-order valence-electron chi connectivity index (χ4n) is 3.17. The number of hydrogen-bond donors (Lipinski definition) is 2. The van der Waals surface area contributed by atoms with Gasteiger partial charge in [0.05, 0.1) is 6.26 Å². The van der Waals surface area contributed by atoms with Gasteiger partial charge in [-0.2, -0.15) is 4.31 Å². The van der Waals surface area contributed by atoms with E-state index in [0.717, 1.165) is 17.4 Å². The summed E-state index contributed by atoms with van der Waals surface area (Å²) in [6, 6.07) is 18.8. The molecule has 0 spiro atoms. The van der Waals surface area contributed by atoms with E-state index >= 15 is 0 Å². The SMILES string of the molecule is CC(C)CCN(C[C@H](O)C(Cc1ccccc1)OC(=O)NCc1ccccc1)S(C)(=O)=O. The molecular weight excluding hydrogens is 428 g/mol. The molecule has 0 fully saturated rings. The van der Waals surface area contributed by atoms with Crippen molar-refractivity contribution >= 4 is 16.1 Å². The van der Waals surface area contributed by atoms with Gasteiger partial charge in [-0.3, -0.25) is 0 Å². The Kier molecular flexibility index (Phi) is 10.2. The lowest BCUT2D eigenvalue weighted by Crippen LogP contribution is -2.45. The molecule has 0 heterocycles. The van der Waals surface area contributed by atoms with Crippen molar-refractivity contribution in [3.63, 3.8) is 0 Å². The third kappa shape index (κ3) is 9.38. The van der Waals surface area contributed by atoms with E-state index in [4.69, 9.17) is 4.74 Å². The van der Waals surface area contributed by atoms with E-state index in [0.29, 0.717) is 18.9 Å². The van der Waals surface area contributed by atoms with E-state index in [2.05, 4.69) is 5.32 Å². The smallest absolute Gasteiger partial charge is 0.407 e. The van der Waals surface area contributed by atoms with Crippen molar-refractivity contribution in [2.45, 2.75) is 45.4 Å². The molecule has 0 aromatic heterocycles. The number of amides is 1. The van der Waals surface area contributed by atoms with Crippen molar-refractivity contribution in [2.24, 2.45) is 5.92 Å². The van der Waals surface area contributed by atoms with Gasteiger partial charge >= 0.3 is 6.09 Å². The molecule has 8 heteroatoms. The summed E-state index contributed by atoms with van der Waals surface area (Å²) < 4.78 is 31.3. The van der Waals surface area contributed by atoms with Gasteiger partial charge in [-0.25, -0.2) is 13.2 Å². The van der Waals surface area contributed by atoms with Crippen LogP contribution in [0.25, 0.3) is 0 Å². The highest BCUT2D eigenvalue weighted by Crippen LogP contribution is 2.14. The zero-order valence-corrected chi connectivity index (χ0v) is 19.8. The first-order valence-electron chi connectivity index (χ1n) is 10.8. The van der Waals surface area contributed by atoms with Gasteiger partial charge in [0.15, 0.2) is 0 Å². The molecule has 0 radical (unpaired) electrons. The van der Waals surface area contributed by atoms with Crippen LogP contribution in [0.15, 0.2) is 60.7 Å². The molecule has 1 unspecified atom stereocenters. The summed E-state index contributed by atoms with van der Waals surface area (Å²) in [6.07, 6.45) is -0.693. The number of carbonyl (C=O) groups excluding carboxylic acids is 1. The molecule has 0 saturated carbocycles. The highest BCUT2D eigenvalue weighted by atomic mass is 32.2. The molecule has 2 aromatic carbocycles. The molecule has 2 aromatic rings. The highest BCUT2D eigenvalue weighted by molar-refractivity contribution is 7.88. The topological polar surface area (TPSA) is 95.9 Å². The van der Waals surface area contributed by atoms with Crippen LogP contribution >= 0.6 is 0 Å². The fraction of sp³-hybridized carbons (Fsp3) is 0.458. The minimum Gasteiger partial charge on any atom is -0.443 e. The first kappa shape index (κ1) is 25.8. The Morgan fingerprint density at radius 3 is 2.12 bits per heavy atom. The molecule has 2 atom stereocenters. The summed E-state index contributed by atoms with van der Waals surface area (Å²) in [5.74, 6) is 0.316. The fourth-order valence-corrected chi connectivity index (χ4v) is 4.03. The van der Waals surface area contributed by atoms with Crippen molar-refractivity contribution in [2.75, 3.05) is 19.3 Å². The summed E-state index contributed by atoms with van der Waals surface area (Å²) >= 11 is 0. The third-order valence-electron chi connectivity index (χ3n) is 5.06. The molecule has 0 saturated heterocycles. The van der Waals surface area contributed by atoms with Gasteiger partial charge in [0.1, 0.15) is 12.2 Å². The first-order valence-corrected chi connectivity index (χ1v) is 12.7. The van der Waals surface area contributed by atoms with Crippen LogP contribution < -0.4 is 5.32 Å². The van der Waals surface area contributed by atoms with Crippen molar-refractivity contribution < 1.29 is 23.1 Å². The Morgan fingerprint density at radius 2 is 1.59 bits per heavy atom. The van der Waals surface area contributed by atoms with Crippen molar-refractivity contribution in [3.05, 3.63) is 71.8 Å². The number of carbonyl (C=O) groups is 1. The quantitative estimate of drug-likeness (QED) is 0.505. The minimum atomic E-state index is -3.52. The van der Waals surface area contributed by atoms with Crippen LogP contribution in [0.2, 0.25) is 0 Å². The average Bonchev–Trinajstić information content (AvgIpc) is 2.75. The summed E-state index contributed by atoms with van der Waals surface area (Å²) in [6.45, 7) is 4.46. The Bertz CT molecular complexity index is 920. The van der Waals surface area contributed by atoms with Gasteiger partial charge in [0, 0.05) is 26.1 Å². The number of sulfonamides is 1. The molecule has 2 rings (SSSR count). The maximum atomic E-state index is 12.4. The second-order valence-electron chi connectivity index (χ2n) is 8.34. The Labute approximate surface area is 191 Å². The second-order valence-corrected chi connectivity index (χ2v) is 10.3. The van der Waals surface area contributed by atoms with E-state index in [1.807, 2.05) is 74.5 Å². The summed E-state index contributed by atoms with van der Waals surface area (Å²) in [7, 11) is -3.52. The van der Waals surface area contributed by atoms with Crippen LogP contribution in [-0.2, 0) is 27.7 Å². The number of alkyl carbamates (subject to hydrolysis) is 1. The van der Waals surface area contributed by atoms with Gasteiger partial charge < -0.3 is 15.2 Å². The molecule has 7 nitrogen and oxygen atoms in total. The number of ether oxygens (including phenoxy) is 1. The van der Waals surface area contributed by atoms with Crippen LogP contribution in [0.5, 0.6) is 0 Å². The number of aliphatic hydroxyl groups excluding tert-OH is 1. The molecule has 0 aliphatic rings. The number of aliphatic hydroxyl groups is 1. The maximum Gasteiger partial charge on any atom is 0.407 e.